The lowest BCUT2D eigenvalue weighted by molar-refractivity contribution is 0.418. The molecule has 0 radical (unpaired) electrons. The minimum Gasteiger partial charge on any atom is -0.368 e. The highest BCUT2D eigenvalue weighted by atomic mass is 19.1. The first-order chi connectivity index (χ1) is 8.94. The van der Waals surface area contributed by atoms with Crippen LogP contribution in [-0.4, -0.2) is 19.6 Å². The van der Waals surface area contributed by atoms with Gasteiger partial charge in [-0.15, -0.1) is 0 Å². The van der Waals surface area contributed by atoms with Crippen molar-refractivity contribution >= 4 is 5.69 Å². The summed E-state index contributed by atoms with van der Waals surface area (Å²) in [5.41, 5.74) is 2.14. The molecule has 1 aromatic rings. The first-order valence-electron chi connectivity index (χ1n) is 7.21. The molecule has 3 heteroatoms. The van der Waals surface area contributed by atoms with E-state index in [1.807, 2.05) is 12.1 Å². The molecule has 0 spiro atoms. The van der Waals surface area contributed by atoms with Crippen molar-refractivity contribution in [2.75, 3.05) is 24.5 Å². The van der Waals surface area contributed by atoms with E-state index in [1.165, 1.54) is 0 Å². The molecule has 1 fully saturated rings. The van der Waals surface area contributed by atoms with Crippen LogP contribution in [0.1, 0.15) is 45.7 Å². The predicted octanol–water partition coefficient (Wildman–Crippen LogP) is 3.73. The zero-order chi connectivity index (χ0) is 14.0. The third-order valence-corrected chi connectivity index (χ3v) is 3.99. The van der Waals surface area contributed by atoms with Crippen molar-refractivity contribution in [3.8, 4) is 0 Å². The Hall–Kier alpha value is -1.09. The normalized spacial score (nSPS) is 19.7. The van der Waals surface area contributed by atoms with E-state index in [-0.39, 0.29) is 17.3 Å². The topological polar surface area (TPSA) is 15.3 Å². The number of para-hydroxylation sites is 1. The Kier molecular flexibility index (Phi) is 4.14. The van der Waals surface area contributed by atoms with Crippen molar-refractivity contribution in [1.82, 2.24) is 5.32 Å². The zero-order valence-corrected chi connectivity index (χ0v) is 12.5. The van der Waals surface area contributed by atoms with Gasteiger partial charge in [0, 0.05) is 19.1 Å². The summed E-state index contributed by atoms with van der Waals surface area (Å²) in [6, 6.07) is 5.60. The van der Waals surface area contributed by atoms with Gasteiger partial charge in [0.05, 0.1) is 5.69 Å². The number of anilines is 1. The van der Waals surface area contributed by atoms with Crippen LogP contribution < -0.4 is 10.2 Å². The molecule has 0 amide bonds. The van der Waals surface area contributed by atoms with E-state index in [4.69, 9.17) is 0 Å². The van der Waals surface area contributed by atoms with Crippen molar-refractivity contribution in [3.63, 3.8) is 0 Å². The van der Waals surface area contributed by atoms with E-state index in [0.717, 1.165) is 37.3 Å². The van der Waals surface area contributed by atoms with Gasteiger partial charge >= 0.3 is 0 Å². The first-order valence-corrected chi connectivity index (χ1v) is 7.21. The summed E-state index contributed by atoms with van der Waals surface area (Å²) in [7, 11) is 0. The van der Waals surface area contributed by atoms with Crippen molar-refractivity contribution in [2.24, 2.45) is 5.41 Å². The van der Waals surface area contributed by atoms with Gasteiger partial charge in [-0.25, -0.2) is 4.39 Å². The highest BCUT2D eigenvalue weighted by Crippen LogP contribution is 2.37. The van der Waals surface area contributed by atoms with Crippen LogP contribution >= 0.6 is 0 Å². The molecule has 2 nitrogen and oxygen atoms in total. The molecular weight excluding hydrogens is 239 g/mol. The maximum Gasteiger partial charge on any atom is 0.146 e. The number of hydrogen-bond donors (Lipinski definition) is 1. The van der Waals surface area contributed by atoms with Gasteiger partial charge in [0.2, 0.25) is 0 Å². The second-order valence-electron chi connectivity index (χ2n) is 6.29. The summed E-state index contributed by atoms with van der Waals surface area (Å²) >= 11 is 0. The maximum absolute atomic E-state index is 14.3. The molecule has 19 heavy (non-hydrogen) atoms. The fourth-order valence-corrected chi connectivity index (χ4v) is 2.93. The molecule has 0 saturated carbocycles. The van der Waals surface area contributed by atoms with E-state index in [9.17, 15) is 4.39 Å². The van der Waals surface area contributed by atoms with E-state index >= 15 is 0 Å². The molecule has 0 aliphatic carbocycles. The quantitative estimate of drug-likeness (QED) is 0.891. The number of rotatable bonds is 4. The van der Waals surface area contributed by atoms with E-state index in [0.29, 0.717) is 0 Å². The maximum atomic E-state index is 14.3. The standard InChI is InChI=1S/C16H25FN2/c1-5-18-12(2)13-7-6-8-14(17)15(13)19-10-9-16(3,4)11-19/h6-8,12,18H,5,9-11H2,1-4H3. The number of hydrogen-bond acceptors (Lipinski definition) is 2. The highest BCUT2D eigenvalue weighted by Gasteiger charge is 2.32. The summed E-state index contributed by atoms with van der Waals surface area (Å²) in [4.78, 5) is 2.21. The van der Waals surface area contributed by atoms with Crippen LogP contribution in [0, 0.1) is 11.2 Å². The molecule has 1 aromatic carbocycles. The Morgan fingerprint density at radius 2 is 2.16 bits per heavy atom. The molecule has 1 unspecified atom stereocenters. The molecule has 1 N–H and O–H groups in total. The average molecular weight is 264 g/mol. The van der Waals surface area contributed by atoms with Gasteiger partial charge in [-0.1, -0.05) is 32.9 Å². The summed E-state index contributed by atoms with van der Waals surface area (Å²) in [6.45, 7) is 11.4. The molecule has 1 aliphatic heterocycles. The summed E-state index contributed by atoms with van der Waals surface area (Å²) in [5, 5.41) is 3.38. The van der Waals surface area contributed by atoms with Crippen LogP contribution in [0.15, 0.2) is 18.2 Å². The van der Waals surface area contributed by atoms with E-state index in [2.05, 4.69) is 37.9 Å². The van der Waals surface area contributed by atoms with Crippen LogP contribution in [0.4, 0.5) is 10.1 Å². The molecule has 0 bridgehead atoms. The summed E-state index contributed by atoms with van der Waals surface area (Å²) in [6.07, 6.45) is 1.12. The molecule has 1 aliphatic rings. The lowest BCUT2D eigenvalue weighted by atomic mass is 9.93. The van der Waals surface area contributed by atoms with Crippen LogP contribution in [0.3, 0.4) is 0 Å². The van der Waals surface area contributed by atoms with Crippen molar-refractivity contribution in [3.05, 3.63) is 29.6 Å². The summed E-state index contributed by atoms with van der Waals surface area (Å²) in [5.74, 6) is -0.0973. The van der Waals surface area contributed by atoms with Gasteiger partial charge in [-0.2, -0.15) is 0 Å². The lowest BCUT2D eigenvalue weighted by Gasteiger charge is -2.27. The van der Waals surface area contributed by atoms with Crippen molar-refractivity contribution in [2.45, 2.75) is 40.2 Å². The first kappa shape index (κ1) is 14.3. The van der Waals surface area contributed by atoms with Gasteiger partial charge in [0.15, 0.2) is 0 Å². The Morgan fingerprint density at radius 3 is 2.74 bits per heavy atom. The number of halogens is 1. The molecule has 0 aromatic heterocycles. The van der Waals surface area contributed by atoms with Gasteiger partial charge < -0.3 is 10.2 Å². The fraction of sp³-hybridized carbons (Fsp3) is 0.625. The molecular formula is C16H25FN2. The van der Waals surface area contributed by atoms with E-state index < -0.39 is 0 Å². The Labute approximate surface area is 116 Å². The van der Waals surface area contributed by atoms with E-state index in [1.54, 1.807) is 6.07 Å². The van der Waals surface area contributed by atoms with Gasteiger partial charge in [-0.05, 0) is 36.9 Å². The second kappa shape index (κ2) is 5.49. The average Bonchev–Trinajstić information content (AvgIpc) is 2.69. The minimum absolute atomic E-state index is 0.0973. The minimum atomic E-state index is -0.0973. The van der Waals surface area contributed by atoms with Crippen LogP contribution in [-0.2, 0) is 0 Å². The predicted molar refractivity (Wildman–Crippen MR) is 79.1 cm³/mol. The van der Waals surface area contributed by atoms with Crippen molar-refractivity contribution < 1.29 is 4.39 Å². The third kappa shape index (κ3) is 3.08. The van der Waals surface area contributed by atoms with Crippen LogP contribution in [0.2, 0.25) is 0 Å². The van der Waals surface area contributed by atoms with Gasteiger partial charge in [-0.3, -0.25) is 0 Å². The smallest absolute Gasteiger partial charge is 0.146 e. The fourth-order valence-electron chi connectivity index (χ4n) is 2.93. The number of nitrogens with one attached hydrogen (secondary N) is 1. The Morgan fingerprint density at radius 1 is 1.42 bits per heavy atom. The van der Waals surface area contributed by atoms with Crippen molar-refractivity contribution in [1.29, 1.82) is 0 Å². The van der Waals surface area contributed by atoms with Crippen LogP contribution in [0.5, 0.6) is 0 Å². The molecule has 1 saturated heterocycles. The lowest BCUT2D eigenvalue weighted by Crippen LogP contribution is -2.27. The Bertz CT molecular complexity index is 442. The molecule has 2 rings (SSSR count). The van der Waals surface area contributed by atoms with Gasteiger partial charge in [0.25, 0.3) is 0 Å². The van der Waals surface area contributed by atoms with Gasteiger partial charge in [0.1, 0.15) is 5.82 Å². The summed E-state index contributed by atoms with van der Waals surface area (Å²) < 4.78 is 14.3. The molecule has 1 atom stereocenters. The SMILES string of the molecule is CCNC(C)c1cccc(F)c1N1CCC(C)(C)C1. The van der Waals surface area contributed by atoms with Crippen LogP contribution in [0.25, 0.3) is 0 Å². The monoisotopic (exact) mass is 264 g/mol. The largest absolute Gasteiger partial charge is 0.368 e. The zero-order valence-electron chi connectivity index (χ0n) is 12.5. The third-order valence-electron chi connectivity index (χ3n) is 3.99. The second-order valence-corrected chi connectivity index (χ2v) is 6.29. The molecule has 106 valence electrons. The number of benzene rings is 1. The number of nitrogens with zero attached hydrogens (tertiary/aromatic N) is 1. The molecule has 1 heterocycles. The highest BCUT2D eigenvalue weighted by molar-refractivity contribution is 5.57. The Balaban J connectivity index is 2.33.